The number of nitrogens with zero attached hydrogens (tertiary/aromatic N) is 3. The first kappa shape index (κ1) is 14.3. The van der Waals surface area contributed by atoms with Crippen LogP contribution in [0.3, 0.4) is 0 Å². The van der Waals surface area contributed by atoms with Crippen LogP contribution in [-0.2, 0) is 4.74 Å². The van der Waals surface area contributed by atoms with E-state index in [0.717, 1.165) is 6.54 Å². The standard InChI is InChI=1S/C11H18N4O3/c1-15(2)4-6-18-5-3-12-10-8-13-9(7-14-10)11(16)17/h7-8H,3-6H2,1-2H3,(H,12,14)(H,16,17). The molecule has 7 heteroatoms. The Hall–Kier alpha value is -1.73. The molecule has 1 aromatic heterocycles. The average Bonchev–Trinajstić information content (AvgIpc) is 2.34. The third-order valence-electron chi connectivity index (χ3n) is 2.11. The smallest absolute Gasteiger partial charge is 0.356 e. The van der Waals surface area contributed by atoms with Crippen LogP contribution < -0.4 is 5.32 Å². The van der Waals surface area contributed by atoms with Gasteiger partial charge in [0.05, 0.1) is 25.6 Å². The number of hydrogen-bond donors (Lipinski definition) is 2. The Morgan fingerprint density at radius 3 is 2.72 bits per heavy atom. The summed E-state index contributed by atoms with van der Waals surface area (Å²) in [6.45, 7) is 2.73. The third kappa shape index (κ3) is 5.55. The number of carboxylic acid groups (broad SMARTS) is 1. The average molecular weight is 254 g/mol. The first-order valence-electron chi connectivity index (χ1n) is 5.61. The first-order chi connectivity index (χ1) is 8.59. The second-order valence-electron chi connectivity index (χ2n) is 3.93. The molecule has 7 nitrogen and oxygen atoms in total. The molecule has 0 saturated carbocycles. The Morgan fingerprint density at radius 1 is 1.39 bits per heavy atom. The predicted octanol–water partition coefficient (Wildman–Crippen LogP) is 0.165. The number of aromatic nitrogens is 2. The lowest BCUT2D eigenvalue weighted by molar-refractivity contribution is 0.0690. The van der Waals surface area contributed by atoms with Crippen molar-refractivity contribution in [3.63, 3.8) is 0 Å². The topological polar surface area (TPSA) is 87.6 Å². The lowest BCUT2D eigenvalue weighted by atomic mass is 10.4. The van der Waals surface area contributed by atoms with Crippen molar-refractivity contribution in [1.29, 1.82) is 0 Å². The summed E-state index contributed by atoms with van der Waals surface area (Å²) in [5, 5.41) is 11.6. The second kappa shape index (κ2) is 7.57. The van der Waals surface area contributed by atoms with Gasteiger partial charge in [-0.3, -0.25) is 0 Å². The van der Waals surface area contributed by atoms with E-state index in [-0.39, 0.29) is 5.69 Å². The van der Waals surface area contributed by atoms with Crippen LogP contribution in [0.2, 0.25) is 0 Å². The molecule has 0 saturated heterocycles. The highest BCUT2D eigenvalue weighted by Crippen LogP contribution is 2.00. The zero-order valence-electron chi connectivity index (χ0n) is 10.6. The quantitative estimate of drug-likeness (QED) is 0.639. The summed E-state index contributed by atoms with van der Waals surface area (Å²) in [6.07, 6.45) is 2.61. The van der Waals surface area contributed by atoms with Gasteiger partial charge in [-0.05, 0) is 14.1 Å². The summed E-state index contributed by atoms with van der Waals surface area (Å²) >= 11 is 0. The SMILES string of the molecule is CN(C)CCOCCNc1cnc(C(=O)O)cn1. The van der Waals surface area contributed by atoms with Gasteiger partial charge in [0.25, 0.3) is 0 Å². The van der Waals surface area contributed by atoms with E-state index in [1.807, 2.05) is 19.0 Å². The number of carboxylic acids is 1. The van der Waals surface area contributed by atoms with Gasteiger partial charge in [0.1, 0.15) is 5.82 Å². The van der Waals surface area contributed by atoms with Gasteiger partial charge in [0, 0.05) is 13.1 Å². The van der Waals surface area contributed by atoms with Crippen LogP contribution in [0, 0.1) is 0 Å². The van der Waals surface area contributed by atoms with Crippen LogP contribution in [0.15, 0.2) is 12.4 Å². The van der Waals surface area contributed by atoms with Crippen molar-refractivity contribution < 1.29 is 14.6 Å². The number of aromatic carboxylic acids is 1. The highest BCUT2D eigenvalue weighted by atomic mass is 16.5. The van der Waals surface area contributed by atoms with Crippen molar-refractivity contribution in [3.05, 3.63) is 18.1 Å². The van der Waals surface area contributed by atoms with Gasteiger partial charge in [-0.1, -0.05) is 0 Å². The van der Waals surface area contributed by atoms with Crippen molar-refractivity contribution >= 4 is 11.8 Å². The fourth-order valence-electron chi connectivity index (χ4n) is 1.13. The molecule has 0 bridgehead atoms. The minimum Gasteiger partial charge on any atom is -0.476 e. The molecule has 0 radical (unpaired) electrons. The van der Waals surface area contributed by atoms with Gasteiger partial charge in [0.2, 0.25) is 0 Å². The normalized spacial score (nSPS) is 10.6. The van der Waals surface area contributed by atoms with Crippen molar-refractivity contribution in [2.24, 2.45) is 0 Å². The molecular weight excluding hydrogens is 236 g/mol. The Kier molecular flexibility index (Phi) is 6.03. The molecule has 0 aliphatic heterocycles. The lowest BCUT2D eigenvalue weighted by Crippen LogP contribution is -2.20. The van der Waals surface area contributed by atoms with Crippen LogP contribution in [0.4, 0.5) is 5.82 Å². The number of hydrogen-bond acceptors (Lipinski definition) is 6. The number of carbonyl (C=O) groups is 1. The Labute approximate surface area is 106 Å². The number of likely N-dealkylation sites (N-methyl/N-ethyl adjacent to an activating group) is 1. The maximum atomic E-state index is 10.6. The van der Waals surface area contributed by atoms with E-state index in [1.54, 1.807) is 0 Å². The molecule has 0 fully saturated rings. The highest BCUT2D eigenvalue weighted by Gasteiger charge is 2.04. The number of ether oxygens (including phenoxy) is 1. The number of rotatable bonds is 8. The fourth-order valence-corrected chi connectivity index (χ4v) is 1.13. The van der Waals surface area contributed by atoms with Crippen LogP contribution in [0.5, 0.6) is 0 Å². The predicted molar refractivity (Wildman–Crippen MR) is 66.9 cm³/mol. The summed E-state index contributed by atoms with van der Waals surface area (Å²) < 4.78 is 5.38. The molecule has 0 aliphatic carbocycles. The van der Waals surface area contributed by atoms with Crippen LogP contribution >= 0.6 is 0 Å². The summed E-state index contributed by atoms with van der Waals surface area (Å²) in [5.74, 6) is -0.544. The minimum absolute atomic E-state index is 0.0669. The van der Waals surface area contributed by atoms with Crippen molar-refractivity contribution in [2.45, 2.75) is 0 Å². The molecule has 1 rings (SSSR count). The molecule has 0 amide bonds. The molecule has 18 heavy (non-hydrogen) atoms. The van der Waals surface area contributed by atoms with Gasteiger partial charge in [0.15, 0.2) is 5.69 Å². The molecule has 0 unspecified atom stereocenters. The van der Waals surface area contributed by atoms with Crippen LogP contribution in [-0.4, -0.2) is 66.3 Å². The maximum Gasteiger partial charge on any atom is 0.356 e. The van der Waals surface area contributed by atoms with Crippen molar-refractivity contribution in [2.75, 3.05) is 45.7 Å². The van der Waals surface area contributed by atoms with Gasteiger partial charge >= 0.3 is 5.97 Å². The van der Waals surface area contributed by atoms with Gasteiger partial charge in [-0.2, -0.15) is 0 Å². The van der Waals surface area contributed by atoms with E-state index < -0.39 is 5.97 Å². The molecule has 0 aromatic carbocycles. The van der Waals surface area contributed by atoms with Gasteiger partial charge in [-0.25, -0.2) is 14.8 Å². The third-order valence-corrected chi connectivity index (χ3v) is 2.11. The lowest BCUT2D eigenvalue weighted by Gasteiger charge is -2.10. The Balaban J connectivity index is 2.17. The minimum atomic E-state index is -1.08. The van der Waals surface area contributed by atoms with E-state index >= 15 is 0 Å². The molecule has 2 N–H and O–H groups in total. The van der Waals surface area contributed by atoms with Crippen LogP contribution in [0.25, 0.3) is 0 Å². The maximum absolute atomic E-state index is 10.6. The molecule has 0 atom stereocenters. The molecule has 1 aromatic rings. The van der Waals surface area contributed by atoms with E-state index in [1.165, 1.54) is 12.4 Å². The van der Waals surface area contributed by atoms with E-state index in [2.05, 4.69) is 15.3 Å². The summed E-state index contributed by atoms with van der Waals surface area (Å²) in [7, 11) is 3.97. The zero-order chi connectivity index (χ0) is 13.4. The van der Waals surface area contributed by atoms with E-state index in [0.29, 0.717) is 25.6 Å². The van der Waals surface area contributed by atoms with Crippen LogP contribution in [0.1, 0.15) is 10.5 Å². The zero-order valence-corrected chi connectivity index (χ0v) is 10.6. The highest BCUT2D eigenvalue weighted by molar-refractivity contribution is 5.84. The number of anilines is 1. The largest absolute Gasteiger partial charge is 0.476 e. The van der Waals surface area contributed by atoms with Crippen molar-refractivity contribution in [1.82, 2.24) is 14.9 Å². The monoisotopic (exact) mass is 254 g/mol. The van der Waals surface area contributed by atoms with Gasteiger partial charge in [-0.15, -0.1) is 0 Å². The second-order valence-corrected chi connectivity index (χ2v) is 3.93. The molecular formula is C11H18N4O3. The summed E-state index contributed by atoms with van der Waals surface area (Å²) in [6, 6.07) is 0. The van der Waals surface area contributed by atoms with Gasteiger partial charge < -0.3 is 20.1 Å². The molecule has 0 aliphatic rings. The van der Waals surface area contributed by atoms with E-state index in [9.17, 15) is 4.79 Å². The molecule has 0 spiro atoms. The Morgan fingerprint density at radius 2 is 2.17 bits per heavy atom. The fraction of sp³-hybridized carbons (Fsp3) is 0.545. The molecule has 1 heterocycles. The number of nitrogens with one attached hydrogen (secondary N) is 1. The summed E-state index contributed by atoms with van der Waals surface area (Å²) in [4.78, 5) is 20.3. The Bertz CT molecular complexity index is 367. The summed E-state index contributed by atoms with van der Waals surface area (Å²) in [5.41, 5.74) is -0.0669. The molecule has 100 valence electrons. The van der Waals surface area contributed by atoms with Crippen molar-refractivity contribution in [3.8, 4) is 0 Å². The van der Waals surface area contributed by atoms with E-state index in [4.69, 9.17) is 9.84 Å². The first-order valence-corrected chi connectivity index (χ1v) is 5.61.